The van der Waals surface area contributed by atoms with Gasteiger partial charge in [0.2, 0.25) is 0 Å². The van der Waals surface area contributed by atoms with E-state index in [2.05, 4.69) is 4.98 Å². The highest BCUT2D eigenvalue weighted by molar-refractivity contribution is 14.1. The summed E-state index contributed by atoms with van der Waals surface area (Å²) in [6.45, 7) is 0. The normalized spacial score (nSPS) is 10.3. The lowest BCUT2D eigenvalue weighted by Crippen LogP contribution is -1.93. The zero-order valence-electron chi connectivity index (χ0n) is 7.55. The van der Waals surface area contributed by atoms with Crippen molar-refractivity contribution >= 4 is 22.6 Å². The van der Waals surface area contributed by atoms with Gasteiger partial charge in [-0.3, -0.25) is 4.98 Å². The molecule has 15 heavy (non-hydrogen) atoms. The minimum atomic E-state index is -0.561. The fourth-order valence-electron chi connectivity index (χ4n) is 1.25. The maximum absolute atomic E-state index is 13.7. The Morgan fingerprint density at radius 2 is 1.87 bits per heavy atom. The molecule has 0 fully saturated rings. The summed E-state index contributed by atoms with van der Waals surface area (Å²) in [5, 5.41) is 0. The number of hydrogen-bond acceptors (Lipinski definition) is 1. The summed E-state index contributed by atoms with van der Waals surface area (Å²) in [6, 6.07) is 7.84. The average Bonchev–Trinajstić information content (AvgIpc) is 2.27. The fraction of sp³-hybridized carbons (Fsp3) is 0. The van der Waals surface area contributed by atoms with E-state index in [1.54, 1.807) is 47.0 Å². The van der Waals surface area contributed by atoms with Gasteiger partial charge in [0.15, 0.2) is 0 Å². The fourth-order valence-corrected chi connectivity index (χ4v) is 1.72. The number of rotatable bonds is 1. The molecule has 0 unspecified atom stereocenters. The van der Waals surface area contributed by atoms with Crippen molar-refractivity contribution in [2.45, 2.75) is 0 Å². The SMILES string of the molecule is Fc1ccc(-c2ccccn2)c(F)c1I. The molecule has 2 rings (SSSR count). The first-order valence-corrected chi connectivity index (χ1v) is 5.33. The van der Waals surface area contributed by atoms with Gasteiger partial charge in [-0.15, -0.1) is 0 Å². The summed E-state index contributed by atoms with van der Waals surface area (Å²) in [4.78, 5) is 4.01. The molecule has 0 spiro atoms. The topological polar surface area (TPSA) is 12.9 Å². The molecule has 0 bridgehead atoms. The van der Waals surface area contributed by atoms with Gasteiger partial charge in [0.1, 0.15) is 11.6 Å². The third-order valence-corrected chi connectivity index (χ3v) is 2.96. The molecular formula is C11H6F2IN. The number of nitrogens with zero attached hydrogens (tertiary/aromatic N) is 1. The molecule has 1 aromatic heterocycles. The van der Waals surface area contributed by atoms with Gasteiger partial charge in [-0.05, 0) is 46.9 Å². The van der Waals surface area contributed by atoms with Crippen LogP contribution < -0.4 is 0 Å². The monoisotopic (exact) mass is 317 g/mol. The molecule has 0 amide bonds. The quantitative estimate of drug-likeness (QED) is 0.578. The highest BCUT2D eigenvalue weighted by Crippen LogP contribution is 2.25. The Labute approximate surface area is 99.3 Å². The van der Waals surface area contributed by atoms with E-state index in [1.165, 1.54) is 12.1 Å². The van der Waals surface area contributed by atoms with E-state index < -0.39 is 11.6 Å². The summed E-state index contributed by atoms with van der Waals surface area (Å²) < 4.78 is 26.7. The third kappa shape index (κ3) is 1.99. The molecule has 0 saturated carbocycles. The van der Waals surface area contributed by atoms with E-state index in [9.17, 15) is 8.78 Å². The van der Waals surface area contributed by atoms with Gasteiger partial charge in [0, 0.05) is 11.8 Å². The molecule has 0 N–H and O–H groups in total. The van der Waals surface area contributed by atoms with Crippen molar-refractivity contribution < 1.29 is 8.78 Å². The van der Waals surface area contributed by atoms with Gasteiger partial charge in [-0.1, -0.05) is 6.07 Å². The van der Waals surface area contributed by atoms with Crippen LogP contribution in [0.3, 0.4) is 0 Å². The molecule has 1 aromatic carbocycles. The number of pyridine rings is 1. The van der Waals surface area contributed by atoms with Gasteiger partial charge in [-0.2, -0.15) is 0 Å². The van der Waals surface area contributed by atoms with Crippen LogP contribution in [0.5, 0.6) is 0 Å². The number of aromatic nitrogens is 1. The molecule has 2 aromatic rings. The smallest absolute Gasteiger partial charge is 0.148 e. The summed E-state index contributed by atoms with van der Waals surface area (Å²) in [5.74, 6) is -1.11. The van der Waals surface area contributed by atoms with Crippen molar-refractivity contribution in [1.82, 2.24) is 4.98 Å². The maximum Gasteiger partial charge on any atom is 0.148 e. The maximum atomic E-state index is 13.7. The standard InChI is InChI=1S/C11H6F2IN/c12-8-5-4-7(10(13)11(8)14)9-3-1-2-6-15-9/h1-6H. The van der Waals surface area contributed by atoms with Crippen molar-refractivity contribution in [3.63, 3.8) is 0 Å². The Morgan fingerprint density at radius 3 is 2.53 bits per heavy atom. The van der Waals surface area contributed by atoms with E-state index in [4.69, 9.17) is 0 Å². The van der Waals surface area contributed by atoms with E-state index >= 15 is 0 Å². The highest BCUT2D eigenvalue weighted by Gasteiger charge is 2.12. The Hall–Kier alpha value is -1.04. The van der Waals surface area contributed by atoms with Crippen molar-refractivity contribution in [3.8, 4) is 11.3 Å². The zero-order valence-corrected chi connectivity index (χ0v) is 9.70. The van der Waals surface area contributed by atoms with Crippen molar-refractivity contribution in [3.05, 3.63) is 51.7 Å². The first-order chi connectivity index (χ1) is 7.20. The summed E-state index contributed by atoms with van der Waals surface area (Å²) in [7, 11) is 0. The molecule has 0 saturated heterocycles. The predicted molar refractivity (Wildman–Crippen MR) is 62.3 cm³/mol. The van der Waals surface area contributed by atoms with Gasteiger partial charge >= 0.3 is 0 Å². The van der Waals surface area contributed by atoms with Gasteiger partial charge in [-0.25, -0.2) is 8.78 Å². The van der Waals surface area contributed by atoms with Crippen molar-refractivity contribution in [2.75, 3.05) is 0 Å². The lowest BCUT2D eigenvalue weighted by atomic mass is 10.1. The van der Waals surface area contributed by atoms with Crippen LogP contribution in [0.4, 0.5) is 8.78 Å². The van der Waals surface area contributed by atoms with Crippen LogP contribution in [0.15, 0.2) is 36.5 Å². The van der Waals surface area contributed by atoms with Crippen molar-refractivity contribution in [2.24, 2.45) is 0 Å². The predicted octanol–water partition coefficient (Wildman–Crippen LogP) is 3.63. The van der Waals surface area contributed by atoms with Crippen LogP contribution in [0.25, 0.3) is 11.3 Å². The molecule has 1 heterocycles. The highest BCUT2D eigenvalue weighted by atomic mass is 127. The molecule has 1 nitrogen and oxygen atoms in total. The van der Waals surface area contributed by atoms with Gasteiger partial charge < -0.3 is 0 Å². The summed E-state index contributed by atoms with van der Waals surface area (Å²) >= 11 is 1.64. The molecular weight excluding hydrogens is 311 g/mol. The Morgan fingerprint density at radius 1 is 1.07 bits per heavy atom. The molecule has 0 aliphatic rings. The van der Waals surface area contributed by atoms with Crippen LogP contribution in [-0.4, -0.2) is 4.98 Å². The zero-order chi connectivity index (χ0) is 10.8. The second-order valence-corrected chi connectivity index (χ2v) is 4.02. The lowest BCUT2D eigenvalue weighted by molar-refractivity contribution is 0.572. The molecule has 0 radical (unpaired) electrons. The Kier molecular flexibility index (Phi) is 2.95. The van der Waals surface area contributed by atoms with E-state index in [-0.39, 0.29) is 3.57 Å². The minimum absolute atomic E-state index is 0.00393. The Bertz CT molecular complexity index is 485. The second-order valence-electron chi connectivity index (χ2n) is 2.94. The Balaban J connectivity index is 2.60. The third-order valence-electron chi connectivity index (χ3n) is 1.98. The summed E-state index contributed by atoms with van der Waals surface area (Å²) in [5.41, 5.74) is 0.828. The van der Waals surface area contributed by atoms with E-state index in [1.807, 2.05) is 0 Å². The van der Waals surface area contributed by atoms with Crippen LogP contribution >= 0.6 is 22.6 Å². The first kappa shape index (κ1) is 10.5. The van der Waals surface area contributed by atoms with Crippen molar-refractivity contribution in [1.29, 1.82) is 0 Å². The number of benzene rings is 1. The van der Waals surface area contributed by atoms with Crippen LogP contribution in [0.2, 0.25) is 0 Å². The van der Waals surface area contributed by atoms with Gasteiger partial charge in [0.25, 0.3) is 0 Å². The number of hydrogen-bond donors (Lipinski definition) is 0. The molecule has 0 atom stereocenters. The molecule has 0 aliphatic heterocycles. The van der Waals surface area contributed by atoms with Crippen LogP contribution in [-0.2, 0) is 0 Å². The average molecular weight is 317 g/mol. The van der Waals surface area contributed by atoms with Gasteiger partial charge in [0.05, 0.1) is 9.26 Å². The molecule has 76 valence electrons. The lowest BCUT2D eigenvalue weighted by Gasteiger charge is -2.04. The van der Waals surface area contributed by atoms with E-state index in [0.717, 1.165) is 0 Å². The second kappa shape index (κ2) is 4.22. The van der Waals surface area contributed by atoms with Crippen LogP contribution in [0.1, 0.15) is 0 Å². The van der Waals surface area contributed by atoms with Crippen LogP contribution in [0, 0.1) is 15.2 Å². The number of halogens is 3. The minimum Gasteiger partial charge on any atom is -0.256 e. The van der Waals surface area contributed by atoms with E-state index in [0.29, 0.717) is 11.3 Å². The molecule has 0 aliphatic carbocycles. The molecule has 4 heteroatoms. The largest absolute Gasteiger partial charge is 0.256 e. The first-order valence-electron chi connectivity index (χ1n) is 4.25. The summed E-state index contributed by atoms with van der Waals surface area (Å²) in [6.07, 6.45) is 1.57.